The summed E-state index contributed by atoms with van der Waals surface area (Å²) in [6.07, 6.45) is 0. The van der Waals surface area contributed by atoms with Gasteiger partial charge in [0.1, 0.15) is 5.75 Å². The Morgan fingerprint density at radius 1 is 1.33 bits per heavy atom. The number of benzene rings is 2. The van der Waals surface area contributed by atoms with Gasteiger partial charge in [0.2, 0.25) is 5.91 Å². The van der Waals surface area contributed by atoms with E-state index in [2.05, 4.69) is 10.6 Å². The molecule has 24 heavy (non-hydrogen) atoms. The van der Waals surface area contributed by atoms with Crippen LogP contribution in [0.4, 0.5) is 17.1 Å². The van der Waals surface area contributed by atoms with Gasteiger partial charge in [0.05, 0.1) is 24.3 Å². The lowest BCUT2D eigenvalue weighted by Crippen LogP contribution is -2.22. The summed E-state index contributed by atoms with van der Waals surface area (Å²) in [6.45, 7) is 1.82. The zero-order valence-electron chi connectivity index (χ0n) is 13.1. The summed E-state index contributed by atoms with van der Waals surface area (Å²) in [6, 6.07) is 9.18. The monoisotopic (exact) mass is 349 g/mol. The molecule has 0 saturated heterocycles. The van der Waals surface area contributed by atoms with Gasteiger partial charge < -0.3 is 15.4 Å². The van der Waals surface area contributed by atoms with Gasteiger partial charge in [-0.15, -0.1) is 0 Å². The van der Waals surface area contributed by atoms with Crippen LogP contribution >= 0.6 is 11.6 Å². The van der Waals surface area contributed by atoms with Crippen LogP contribution < -0.4 is 15.4 Å². The summed E-state index contributed by atoms with van der Waals surface area (Å²) in [7, 11) is 1.51. The molecule has 0 radical (unpaired) electrons. The van der Waals surface area contributed by atoms with E-state index in [4.69, 9.17) is 16.3 Å². The first kappa shape index (κ1) is 17.6. The number of nitro benzene ring substituents is 1. The first-order chi connectivity index (χ1) is 11.4. The smallest absolute Gasteiger partial charge is 0.271 e. The number of hydrogen-bond donors (Lipinski definition) is 2. The molecule has 8 heteroatoms. The minimum absolute atomic E-state index is 0.0277. The van der Waals surface area contributed by atoms with Gasteiger partial charge in [-0.25, -0.2) is 0 Å². The molecular formula is C16H16ClN3O4. The van der Waals surface area contributed by atoms with E-state index < -0.39 is 4.92 Å². The maximum Gasteiger partial charge on any atom is 0.271 e. The third-order valence-corrected chi connectivity index (χ3v) is 3.67. The second-order valence-electron chi connectivity index (χ2n) is 5.01. The number of methoxy groups -OCH3 is 1. The van der Waals surface area contributed by atoms with Gasteiger partial charge >= 0.3 is 0 Å². The fraction of sp³-hybridized carbons (Fsp3) is 0.188. The topological polar surface area (TPSA) is 93.5 Å². The van der Waals surface area contributed by atoms with Crippen molar-refractivity contribution in [2.75, 3.05) is 24.3 Å². The summed E-state index contributed by atoms with van der Waals surface area (Å²) in [5.74, 6) is 0.180. The molecule has 126 valence electrons. The molecule has 0 unspecified atom stereocenters. The molecule has 2 N–H and O–H groups in total. The van der Waals surface area contributed by atoms with Gasteiger partial charge in [-0.2, -0.15) is 0 Å². The molecule has 0 spiro atoms. The second-order valence-corrected chi connectivity index (χ2v) is 5.42. The predicted molar refractivity (Wildman–Crippen MR) is 93.0 cm³/mol. The lowest BCUT2D eigenvalue weighted by Gasteiger charge is -2.13. The summed E-state index contributed by atoms with van der Waals surface area (Å²) >= 11 is 6.03. The van der Waals surface area contributed by atoms with E-state index in [1.165, 1.54) is 25.3 Å². The molecule has 0 bridgehead atoms. The van der Waals surface area contributed by atoms with Crippen molar-refractivity contribution in [2.45, 2.75) is 6.92 Å². The largest absolute Gasteiger partial charge is 0.495 e. The van der Waals surface area contributed by atoms with E-state index in [1.54, 1.807) is 18.2 Å². The van der Waals surface area contributed by atoms with Crippen LogP contribution in [0, 0.1) is 17.0 Å². The van der Waals surface area contributed by atoms with Crippen LogP contribution in [0.1, 0.15) is 5.56 Å². The highest BCUT2D eigenvalue weighted by Crippen LogP contribution is 2.30. The number of nitro groups is 1. The highest BCUT2D eigenvalue weighted by atomic mass is 35.5. The number of nitrogens with zero attached hydrogens (tertiary/aromatic N) is 1. The Balaban J connectivity index is 2.02. The zero-order chi connectivity index (χ0) is 17.7. The van der Waals surface area contributed by atoms with Crippen molar-refractivity contribution in [2.24, 2.45) is 0 Å². The average Bonchev–Trinajstić information content (AvgIpc) is 2.55. The SMILES string of the molecule is COc1cc(Cl)c(C)cc1NCC(=O)Nc1cccc([N+](=O)[O-])c1. The lowest BCUT2D eigenvalue weighted by atomic mass is 10.2. The van der Waals surface area contributed by atoms with Crippen molar-refractivity contribution in [1.82, 2.24) is 0 Å². The zero-order valence-corrected chi connectivity index (χ0v) is 13.9. The molecule has 1 amide bonds. The molecule has 0 fully saturated rings. The summed E-state index contributed by atoms with van der Waals surface area (Å²) < 4.78 is 5.22. The molecule has 0 saturated carbocycles. The van der Waals surface area contributed by atoms with Crippen LogP contribution in [0.3, 0.4) is 0 Å². The van der Waals surface area contributed by atoms with Crippen molar-refractivity contribution < 1.29 is 14.5 Å². The van der Waals surface area contributed by atoms with Gasteiger partial charge in [0, 0.05) is 28.9 Å². The van der Waals surface area contributed by atoms with Gasteiger partial charge in [0.15, 0.2) is 0 Å². The van der Waals surface area contributed by atoms with Crippen molar-refractivity contribution in [3.05, 3.63) is 57.1 Å². The third kappa shape index (κ3) is 4.36. The normalized spacial score (nSPS) is 10.1. The first-order valence-electron chi connectivity index (χ1n) is 7.03. The van der Waals surface area contributed by atoms with E-state index in [0.29, 0.717) is 22.1 Å². The van der Waals surface area contributed by atoms with Crippen molar-refractivity contribution >= 4 is 34.6 Å². The number of aryl methyl sites for hydroxylation is 1. The Morgan fingerprint density at radius 2 is 2.08 bits per heavy atom. The number of ether oxygens (including phenoxy) is 1. The third-order valence-electron chi connectivity index (χ3n) is 3.26. The van der Waals surface area contributed by atoms with Gasteiger partial charge in [-0.3, -0.25) is 14.9 Å². The second kappa shape index (κ2) is 7.65. The van der Waals surface area contributed by atoms with Crippen molar-refractivity contribution in [3.8, 4) is 5.75 Å². The minimum Gasteiger partial charge on any atom is -0.495 e. The number of carbonyl (C=O) groups is 1. The van der Waals surface area contributed by atoms with Crippen molar-refractivity contribution in [3.63, 3.8) is 0 Å². The summed E-state index contributed by atoms with van der Waals surface area (Å²) in [5.41, 5.74) is 1.75. The predicted octanol–water partition coefficient (Wildman–Crippen LogP) is 3.62. The number of amides is 1. The van der Waals surface area contributed by atoms with E-state index in [9.17, 15) is 14.9 Å². The molecule has 0 aliphatic rings. The van der Waals surface area contributed by atoms with Crippen LogP contribution in [-0.4, -0.2) is 24.5 Å². The molecule has 0 atom stereocenters. The van der Waals surface area contributed by atoms with Gasteiger partial charge in [0.25, 0.3) is 5.69 Å². The highest BCUT2D eigenvalue weighted by molar-refractivity contribution is 6.31. The molecule has 2 aromatic rings. The minimum atomic E-state index is -0.519. The number of anilines is 2. The van der Waals surface area contributed by atoms with Crippen LogP contribution in [0.2, 0.25) is 5.02 Å². The number of non-ortho nitro benzene ring substituents is 1. The number of halogens is 1. The van der Waals surface area contributed by atoms with Crippen LogP contribution in [-0.2, 0) is 4.79 Å². The van der Waals surface area contributed by atoms with E-state index in [-0.39, 0.29) is 18.1 Å². The van der Waals surface area contributed by atoms with Crippen LogP contribution in [0.15, 0.2) is 36.4 Å². The molecule has 0 aromatic heterocycles. The number of nitrogens with one attached hydrogen (secondary N) is 2. The van der Waals surface area contributed by atoms with Crippen LogP contribution in [0.25, 0.3) is 0 Å². The number of hydrogen-bond acceptors (Lipinski definition) is 5. The molecule has 0 aliphatic carbocycles. The fourth-order valence-corrected chi connectivity index (χ4v) is 2.20. The number of carbonyl (C=O) groups excluding carboxylic acids is 1. The standard InChI is InChI=1S/C16H16ClN3O4/c1-10-6-14(15(24-2)8-13(10)17)18-9-16(21)19-11-4-3-5-12(7-11)20(22)23/h3-8,18H,9H2,1-2H3,(H,19,21). The Morgan fingerprint density at radius 3 is 2.75 bits per heavy atom. The molecule has 7 nitrogen and oxygen atoms in total. The van der Waals surface area contributed by atoms with Gasteiger partial charge in [-0.05, 0) is 24.6 Å². The summed E-state index contributed by atoms with van der Waals surface area (Å²) in [5, 5.41) is 16.9. The fourth-order valence-electron chi connectivity index (χ4n) is 2.05. The highest BCUT2D eigenvalue weighted by Gasteiger charge is 2.10. The van der Waals surface area contributed by atoms with E-state index in [0.717, 1.165) is 5.56 Å². The first-order valence-corrected chi connectivity index (χ1v) is 7.41. The van der Waals surface area contributed by atoms with Crippen LogP contribution in [0.5, 0.6) is 5.75 Å². The molecule has 0 heterocycles. The molecule has 2 rings (SSSR count). The summed E-state index contributed by atoms with van der Waals surface area (Å²) in [4.78, 5) is 22.2. The lowest BCUT2D eigenvalue weighted by molar-refractivity contribution is -0.384. The quantitative estimate of drug-likeness (QED) is 0.613. The molecule has 0 aliphatic heterocycles. The van der Waals surface area contributed by atoms with E-state index in [1.807, 2.05) is 6.92 Å². The van der Waals surface area contributed by atoms with Crippen molar-refractivity contribution in [1.29, 1.82) is 0 Å². The maximum atomic E-state index is 12.0. The molecular weight excluding hydrogens is 334 g/mol. The maximum absolute atomic E-state index is 12.0. The Kier molecular flexibility index (Phi) is 5.59. The van der Waals surface area contributed by atoms with E-state index >= 15 is 0 Å². The van der Waals surface area contributed by atoms with Gasteiger partial charge in [-0.1, -0.05) is 17.7 Å². The Hall–Kier alpha value is -2.80. The molecule has 2 aromatic carbocycles. The Labute approximate surface area is 143 Å². The average molecular weight is 350 g/mol. The Bertz CT molecular complexity index is 780. The number of rotatable bonds is 6.